The van der Waals surface area contributed by atoms with Crippen molar-refractivity contribution < 1.29 is 9.59 Å². The summed E-state index contributed by atoms with van der Waals surface area (Å²) >= 11 is 0. The zero-order valence-electron chi connectivity index (χ0n) is 15.1. The van der Waals surface area contributed by atoms with Crippen molar-refractivity contribution >= 4 is 11.9 Å². The van der Waals surface area contributed by atoms with Gasteiger partial charge in [-0.05, 0) is 62.4 Å². The quantitative estimate of drug-likeness (QED) is 0.782. The first kappa shape index (κ1) is 17.0. The van der Waals surface area contributed by atoms with Crippen LogP contribution in [0.2, 0.25) is 0 Å². The lowest BCUT2D eigenvalue weighted by atomic mass is 9.76. The van der Waals surface area contributed by atoms with Crippen LogP contribution in [0.5, 0.6) is 0 Å². The van der Waals surface area contributed by atoms with Crippen LogP contribution in [0.4, 0.5) is 4.79 Å². The van der Waals surface area contributed by atoms with Crippen LogP contribution >= 0.6 is 0 Å². The van der Waals surface area contributed by atoms with E-state index in [4.69, 9.17) is 5.26 Å². The first-order valence-corrected chi connectivity index (χ1v) is 9.39. The minimum atomic E-state index is -0.235. The third-order valence-corrected chi connectivity index (χ3v) is 6.23. The maximum Gasteiger partial charge on any atom is 0.327 e. The number of nitriles is 1. The van der Waals surface area contributed by atoms with Crippen molar-refractivity contribution in [2.75, 3.05) is 26.2 Å². The number of imide groups is 1. The van der Waals surface area contributed by atoms with Gasteiger partial charge in [0.05, 0.1) is 11.6 Å². The zero-order valence-corrected chi connectivity index (χ0v) is 15.1. The van der Waals surface area contributed by atoms with Gasteiger partial charge in [-0.15, -0.1) is 0 Å². The molecule has 1 atom stereocenters. The molecule has 1 aromatic carbocycles. The lowest BCUT2D eigenvalue weighted by Crippen LogP contribution is -2.43. The molecule has 6 heteroatoms. The highest BCUT2D eigenvalue weighted by Crippen LogP contribution is 2.46. The van der Waals surface area contributed by atoms with E-state index < -0.39 is 0 Å². The van der Waals surface area contributed by atoms with Crippen LogP contribution in [0.15, 0.2) is 24.3 Å². The number of benzene rings is 1. The summed E-state index contributed by atoms with van der Waals surface area (Å²) in [6, 6.07) is 9.63. The van der Waals surface area contributed by atoms with E-state index in [1.165, 1.54) is 4.90 Å². The summed E-state index contributed by atoms with van der Waals surface area (Å²) in [4.78, 5) is 30.5. The molecule has 3 saturated heterocycles. The van der Waals surface area contributed by atoms with Crippen molar-refractivity contribution in [1.82, 2.24) is 14.7 Å². The fraction of sp³-hybridized carbons (Fsp3) is 0.550. The molecule has 0 radical (unpaired) electrons. The highest BCUT2D eigenvalue weighted by atomic mass is 16.2. The minimum Gasteiger partial charge on any atom is -0.312 e. The first-order chi connectivity index (χ1) is 12.5. The fourth-order valence-corrected chi connectivity index (χ4v) is 4.74. The molecule has 0 aliphatic carbocycles. The summed E-state index contributed by atoms with van der Waals surface area (Å²) in [7, 11) is 0. The number of likely N-dealkylation sites (tertiary alicyclic amines) is 1. The number of amides is 3. The molecule has 3 aliphatic heterocycles. The van der Waals surface area contributed by atoms with Crippen molar-refractivity contribution in [2.24, 2.45) is 5.41 Å². The Hall–Kier alpha value is -2.39. The van der Waals surface area contributed by atoms with Crippen LogP contribution in [0.25, 0.3) is 0 Å². The van der Waals surface area contributed by atoms with E-state index in [2.05, 4.69) is 17.0 Å². The number of hydrogen-bond acceptors (Lipinski definition) is 4. The smallest absolute Gasteiger partial charge is 0.312 e. The summed E-state index contributed by atoms with van der Waals surface area (Å²) in [6.07, 6.45) is 2.85. The Morgan fingerprint density at radius 3 is 2.69 bits per heavy atom. The van der Waals surface area contributed by atoms with Crippen molar-refractivity contribution in [2.45, 2.75) is 38.8 Å². The van der Waals surface area contributed by atoms with Crippen molar-refractivity contribution in [1.29, 1.82) is 5.26 Å². The van der Waals surface area contributed by atoms with Crippen LogP contribution in [-0.4, -0.2) is 58.9 Å². The highest BCUT2D eigenvalue weighted by molar-refractivity contribution is 6.04. The molecule has 3 fully saturated rings. The zero-order chi connectivity index (χ0) is 18.3. The molecule has 0 N–H and O–H groups in total. The fourth-order valence-electron chi connectivity index (χ4n) is 4.74. The normalized spacial score (nSPS) is 25.0. The predicted molar refractivity (Wildman–Crippen MR) is 96.0 cm³/mol. The van der Waals surface area contributed by atoms with Gasteiger partial charge < -0.3 is 4.90 Å². The van der Waals surface area contributed by atoms with Gasteiger partial charge in [-0.3, -0.25) is 14.6 Å². The van der Waals surface area contributed by atoms with Crippen LogP contribution in [0, 0.1) is 16.7 Å². The van der Waals surface area contributed by atoms with Crippen LogP contribution in [0.1, 0.15) is 37.3 Å². The number of carbonyl (C=O) groups is 2. The molecule has 0 aromatic heterocycles. The van der Waals surface area contributed by atoms with Crippen LogP contribution in [0.3, 0.4) is 0 Å². The SMILES string of the molecule is CCN1C(=O)C2CC3(CCN(Cc4cccc(C#N)c4)CC3)CN2C1=O. The third kappa shape index (κ3) is 2.77. The molecule has 3 amide bonds. The van der Waals surface area contributed by atoms with E-state index in [1.54, 1.807) is 4.90 Å². The lowest BCUT2D eigenvalue weighted by molar-refractivity contribution is -0.128. The van der Waals surface area contributed by atoms with E-state index in [0.717, 1.165) is 51.0 Å². The van der Waals surface area contributed by atoms with E-state index in [1.807, 2.05) is 25.1 Å². The molecule has 0 saturated carbocycles. The standard InChI is InChI=1S/C20H24N4O2/c1-2-23-18(25)17-11-20(14-24(17)19(23)26)6-8-22(9-7-20)13-16-5-3-4-15(10-16)12-21/h3-5,10,17H,2,6-9,11,13-14H2,1H3. The summed E-state index contributed by atoms with van der Waals surface area (Å²) in [6.45, 7) is 5.83. The second-order valence-electron chi connectivity index (χ2n) is 7.80. The molecule has 3 aliphatic rings. The topological polar surface area (TPSA) is 67.7 Å². The molecule has 1 spiro atoms. The Morgan fingerprint density at radius 2 is 2.04 bits per heavy atom. The number of urea groups is 1. The van der Waals surface area contributed by atoms with Gasteiger partial charge in [0.2, 0.25) is 0 Å². The van der Waals surface area contributed by atoms with Crippen molar-refractivity contribution in [3.05, 3.63) is 35.4 Å². The molecule has 6 nitrogen and oxygen atoms in total. The average molecular weight is 352 g/mol. The van der Waals surface area contributed by atoms with Gasteiger partial charge >= 0.3 is 6.03 Å². The number of carbonyl (C=O) groups excluding carboxylic acids is 2. The van der Waals surface area contributed by atoms with Gasteiger partial charge in [-0.25, -0.2) is 4.79 Å². The largest absolute Gasteiger partial charge is 0.327 e. The van der Waals surface area contributed by atoms with Gasteiger partial charge in [0.25, 0.3) is 5.91 Å². The third-order valence-electron chi connectivity index (χ3n) is 6.23. The minimum absolute atomic E-state index is 0.00915. The van der Waals surface area contributed by atoms with Gasteiger partial charge in [0, 0.05) is 19.6 Å². The predicted octanol–water partition coefficient (Wildman–Crippen LogP) is 2.20. The number of rotatable bonds is 3. The number of fused-ring (bicyclic) bond motifs is 1. The van der Waals surface area contributed by atoms with Crippen molar-refractivity contribution in [3.63, 3.8) is 0 Å². The molecule has 26 heavy (non-hydrogen) atoms. The first-order valence-electron chi connectivity index (χ1n) is 9.39. The Labute approximate surface area is 154 Å². The van der Waals surface area contributed by atoms with Gasteiger partial charge in [0.15, 0.2) is 0 Å². The van der Waals surface area contributed by atoms with Crippen LogP contribution < -0.4 is 0 Å². The summed E-state index contributed by atoms with van der Waals surface area (Å²) in [5, 5.41) is 9.04. The Morgan fingerprint density at radius 1 is 1.27 bits per heavy atom. The summed E-state index contributed by atoms with van der Waals surface area (Å²) < 4.78 is 0. The monoisotopic (exact) mass is 352 g/mol. The van der Waals surface area contributed by atoms with E-state index in [-0.39, 0.29) is 23.4 Å². The molecule has 4 rings (SSSR count). The number of piperidine rings is 1. The lowest BCUT2D eigenvalue weighted by Gasteiger charge is -2.39. The number of hydrogen-bond donors (Lipinski definition) is 0. The van der Waals surface area contributed by atoms with E-state index in [0.29, 0.717) is 12.1 Å². The molecular formula is C20H24N4O2. The maximum absolute atomic E-state index is 12.4. The summed E-state index contributed by atoms with van der Waals surface area (Å²) in [5.74, 6) is -0.00915. The maximum atomic E-state index is 12.4. The van der Waals surface area contributed by atoms with E-state index >= 15 is 0 Å². The van der Waals surface area contributed by atoms with Gasteiger partial charge in [0.1, 0.15) is 6.04 Å². The second-order valence-corrected chi connectivity index (χ2v) is 7.80. The van der Waals surface area contributed by atoms with Crippen LogP contribution in [-0.2, 0) is 11.3 Å². The number of likely N-dealkylation sites (N-methyl/N-ethyl adjacent to an activating group) is 1. The molecule has 136 valence electrons. The average Bonchev–Trinajstić information content (AvgIpc) is 3.13. The van der Waals surface area contributed by atoms with Crippen molar-refractivity contribution in [3.8, 4) is 6.07 Å². The Bertz CT molecular complexity index is 750. The molecule has 3 heterocycles. The Kier molecular flexibility index (Phi) is 4.20. The highest BCUT2D eigenvalue weighted by Gasteiger charge is 2.55. The molecule has 0 bridgehead atoms. The molecule has 1 aromatic rings. The Balaban J connectivity index is 1.38. The van der Waals surface area contributed by atoms with Gasteiger partial charge in [-0.1, -0.05) is 12.1 Å². The van der Waals surface area contributed by atoms with Gasteiger partial charge in [-0.2, -0.15) is 5.26 Å². The molecular weight excluding hydrogens is 328 g/mol. The summed E-state index contributed by atoms with van der Waals surface area (Å²) in [5.41, 5.74) is 1.96. The van der Waals surface area contributed by atoms with E-state index in [9.17, 15) is 9.59 Å². The number of nitrogens with zero attached hydrogens (tertiary/aromatic N) is 4. The second kappa shape index (κ2) is 6.40. The molecule has 1 unspecified atom stereocenters.